The Kier molecular flexibility index (Phi) is 5.09. The van der Waals surface area contributed by atoms with Gasteiger partial charge >= 0.3 is 6.18 Å². The van der Waals surface area contributed by atoms with E-state index in [1.54, 1.807) is 0 Å². The van der Waals surface area contributed by atoms with E-state index in [0.717, 1.165) is 0 Å². The molecule has 0 saturated carbocycles. The van der Waals surface area contributed by atoms with Crippen molar-refractivity contribution in [2.24, 2.45) is 5.14 Å². The van der Waals surface area contributed by atoms with Crippen LogP contribution in [0.3, 0.4) is 0 Å². The predicted molar refractivity (Wildman–Crippen MR) is 35.9 cm³/mol. The highest BCUT2D eigenvalue weighted by Gasteiger charge is 2.28. The minimum atomic E-state index is -4.45. The van der Waals surface area contributed by atoms with Gasteiger partial charge in [0.1, 0.15) is 0 Å². The van der Waals surface area contributed by atoms with Crippen molar-refractivity contribution < 1.29 is 21.6 Å². The average molecular weight is 214 g/mol. The third-order valence-electron chi connectivity index (χ3n) is 0.670. The van der Waals surface area contributed by atoms with Gasteiger partial charge in [0, 0.05) is 0 Å². The maximum Gasteiger partial charge on any atom is 0.390 e. The van der Waals surface area contributed by atoms with Crippen LogP contribution in [0, 0.1) is 0 Å². The van der Waals surface area contributed by atoms with E-state index >= 15 is 0 Å². The summed E-state index contributed by atoms with van der Waals surface area (Å²) in [5, 5.41) is 4.31. The number of primary sulfonamides is 1. The molecule has 70 valence electrons. The molecule has 0 rings (SSSR count). The molecule has 0 atom stereocenters. The van der Waals surface area contributed by atoms with Crippen LogP contribution in [0.4, 0.5) is 13.2 Å². The van der Waals surface area contributed by atoms with Crippen molar-refractivity contribution in [3.8, 4) is 0 Å². The molecular weight excluding hydrogens is 207 g/mol. The maximum absolute atomic E-state index is 11.3. The Morgan fingerprint density at radius 1 is 1.27 bits per heavy atom. The molecule has 0 fully saturated rings. The normalized spacial score (nSPS) is 12.4. The third kappa shape index (κ3) is 13.1. The summed E-state index contributed by atoms with van der Waals surface area (Å²) in [5.41, 5.74) is 0. The predicted octanol–water partition coefficient (Wildman–Crippen LogP) is 0.649. The molecule has 0 saturated heterocycles. The van der Waals surface area contributed by atoms with Crippen LogP contribution in [0.1, 0.15) is 6.42 Å². The number of hydrogen-bond acceptors (Lipinski definition) is 2. The summed E-state index contributed by atoms with van der Waals surface area (Å²) in [6, 6.07) is 0. The number of halogens is 4. The fraction of sp³-hybridized carbons (Fsp3) is 1.00. The van der Waals surface area contributed by atoms with E-state index in [4.69, 9.17) is 0 Å². The third-order valence-corrected chi connectivity index (χ3v) is 1.44. The zero-order valence-corrected chi connectivity index (χ0v) is 6.89. The molecule has 3 nitrogen and oxygen atoms in total. The number of sulfonamides is 1. The molecule has 0 aromatic rings. The van der Waals surface area contributed by atoms with E-state index in [-0.39, 0.29) is 12.4 Å². The fourth-order valence-corrected chi connectivity index (χ4v) is 0.774. The van der Waals surface area contributed by atoms with E-state index in [0.29, 0.717) is 0 Å². The van der Waals surface area contributed by atoms with Crippen LogP contribution >= 0.6 is 12.4 Å². The van der Waals surface area contributed by atoms with E-state index in [9.17, 15) is 21.6 Å². The van der Waals surface area contributed by atoms with Gasteiger partial charge in [-0.2, -0.15) is 13.2 Å². The zero-order valence-electron chi connectivity index (χ0n) is 5.26. The highest BCUT2D eigenvalue weighted by atomic mass is 35.5. The van der Waals surface area contributed by atoms with Crippen LogP contribution in [-0.2, 0) is 10.0 Å². The molecule has 0 aromatic heterocycles. The van der Waals surface area contributed by atoms with Gasteiger partial charge < -0.3 is 0 Å². The molecule has 0 unspecified atom stereocenters. The second-order valence-corrected chi connectivity index (χ2v) is 3.47. The molecule has 0 amide bonds. The number of alkyl halides is 3. The lowest BCUT2D eigenvalue weighted by Gasteiger charge is -2.02. The molecule has 0 radical (unpaired) electrons. The van der Waals surface area contributed by atoms with Crippen LogP contribution in [-0.4, -0.2) is 20.3 Å². The Balaban J connectivity index is 0. The number of nitrogens with two attached hydrogens (primary N) is 1. The maximum atomic E-state index is 11.3. The monoisotopic (exact) mass is 213 g/mol. The molecule has 0 aliphatic carbocycles. The Morgan fingerprint density at radius 2 is 1.64 bits per heavy atom. The minimum absolute atomic E-state index is 0. The lowest BCUT2D eigenvalue weighted by atomic mass is 10.5. The van der Waals surface area contributed by atoms with Crippen molar-refractivity contribution in [3.05, 3.63) is 0 Å². The van der Waals surface area contributed by atoms with Crippen molar-refractivity contribution >= 4 is 22.4 Å². The van der Waals surface area contributed by atoms with Crippen LogP contribution in [0.2, 0.25) is 0 Å². The van der Waals surface area contributed by atoms with Crippen LogP contribution in [0.25, 0.3) is 0 Å². The first kappa shape index (κ1) is 13.6. The summed E-state index contributed by atoms with van der Waals surface area (Å²) in [6.07, 6.45) is -5.84. The number of hydrogen-bond donors (Lipinski definition) is 1. The van der Waals surface area contributed by atoms with E-state index < -0.39 is 28.4 Å². The van der Waals surface area contributed by atoms with Gasteiger partial charge in [-0.05, 0) is 0 Å². The van der Waals surface area contributed by atoms with Gasteiger partial charge in [0.05, 0.1) is 12.2 Å². The first-order valence-electron chi connectivity index (χ1n) is 2.28. The molecule has 0 aliphatic heterocycles. The van der Waals surface area contributed by atoms with E-state index in [1.165, 1.54) is 0 Å². The van der Waals surface area contributed by atoms with Crippen molar-refractivity contribution in [1.29, 1.82) is 0 Å². The molecule has 0 aliphatic rings. The first-order chi connectivity index (χ1) is 4.21. The van der Waals surface area contributed by atoms with Gasteiger partial charge in [0.15, 0.2) is 0 Å². The highest BCUT2D eigenvalue weighted by molar-refractivity contribution is 7.89. The minimum Gasteiger partial charge on any atom is -0.229 e. The average Bonchev–Trinajstić information content (AvgIpc) is 1.57. The Morgan fingerprint density at radius 3 is 1.73 bits per heavy atom. The van der Waals surface area contributed by atoms with Crippen molar-refractivity contribution in [1.82, 2.24) is 0 Å². The number of rotatable bonds is 2. The summed E-state index contributed by atoms with van der Waals surface area (Å²) in [6.45, 7) is 0. The second-order valence-electron chi connectivity index (χ2n) is 1.73. The summed E-state index contributed by atoms with van der Waals surface area (Å²) in [5.74, 6) is -1.05. The summed E-state index contributed by atoms with van der Waals surface area (Å²) in [4.78, 5) is 0. The quantitative estimate of drug-likeness (QED) is 0.732. The smallest absolute Gasteiger partial charge is 0.229 e. The summed E-state index contributed by atoms with van der Waals surface area (Å²) < 4.78 is 53.7. The topological polar surface area (TPSA) is 60.2 Å². The molecule has 11 heavy (non-hydrogen) atoms. The lowest BCUT2D eigenvalue weighted by molar-refractivity contribution is -0.129. The lowest BCUT2D eigenvalue weighted by Crippen LogP contribution is -2.21. The van der Waals surface area contributed by atoms with Gasteiger partial charge in [-0.15, -0.1) is 12.4 Å². The fourth-order valence-electron chi connectivity index (χ4n) is 0.258. The van der Waals surface area contributed by atoms with Gasteiger partial charge in [0.2, 0.25) is 10.0 Å². The first-order valence-corrected chi connectivity index (χ1v) is 3.99. The van der Waals surface area contributed by atoms with Crippen molar-refractivity contribution in [2.75, 3.05) is 5.75 Å². The van der Waals surface area contributed by atoms with Gasteiger partial charge in [0.25, 0.3) is 0 Å². The summed E-state index contributed by atoms with van der Waals surface area (Å²) >= 11 is 0. The molecule has 0 spiro atoms. The molecular formula is C3H7ClF3NO2S. The zero-order chi connectivity index (χ0) is 8.41. The van der Waals surface area contributed by atoms with E-state index in [1.807, 2.05) is 0 Å². The van der Waals surface area contributed by atoms with Crippen LogP contribution in [0.15, 0.2) is 0 Å². The summed E-state index contributed by atoms with van der Waals surface area (Å²) in [7, 11) is -3.98. The molecule has 2 N–H and O–H groups in total. The highest BCUT2D eigenvalue weighted by Crippen LogP contribution is 2.19. The largest absolute Gasteiger partial charge is 0.390 e. The van der Waals surface area contributed by atoms with Gasteiger partial charge in [-0.3, -0.25) is 0 Å². The molecule has 0 heterocycles. The molecule has 0 aromatic carbocycles. The molecule has 8 heteroatoms. The van der Waals surface area contributed by atoms with Crippen molar-refractivity contribution in [3.63, 3.8) is 0 Å². The second kappa shape index (κ2) is 4.13. The van der Waals surface area contributed by atoms with E-state index in [2.05, 4.69) is 5.14 Å². The Labute approximate surface area is 68.2 Å². The van der Waals surface area contributed by atoms with Crippen molar-refractivity contribution in [2.45, 2.75) is 12.6 Å². The van der Waals surface area contributed by atoms with Crippen LogP contribution in [0.5, 0.6) is 0 Å². The van der Waals surface area contributed by atoms with Gasteiger partial charge in [-0.25, -0.2) is 13.6 Å². The Hall–Kier alpha value is -0.0100. The SMILES string of the molecule is Cl.NS(=O)(=O)CCC(F)(F)F. The van der Waals surface area contributed by atoms with Crippen LogP contribution < -0.4 is 5.14 Å². The van der Waals surface area contributed by atoms with Gasteiger partial charge in [-0.1, -0.05) is 0 Å². The standard InChI is InChI=1S/C3H6F3NO2S.ClH/c4-3(5,6)1-2-10(7,8)9;/h1-2H2,(H2,7,8,9);1H. The molecule has 0 bridgehead atoms. The Bertz CT molecular complexity index is 199.